The Morgan fingerprint density at radius 2 is 1.75 bits per heavy atom. The minimum absolute atomic E-state index is 0.160. The molecule has 0 radical (unpaired) electrons. The fraction of sp³-hybridized carbons (Fsp3) is 1.00. The van der Waals surface area contributed by atoms with Gasteiger partial charge in [-0.1, -0.05) is 20.8 Å². The van der Waals surface area contributed by atoms with E-state index in [1.807, 2.05) is 20.8 Å². The Bertz CT molecular complexity index is 147. The van der Waals surface area contributed by atoms with Crippen molar-refractivity contribution in [3.8, 4) is 0 Å². The van der Waals surface area contributed by atoms with Gasteiger partial charge < -0.3 is 5.73 Å². The monoisotopic (exact) mass is 191 g/mol. The van der Waals surface area contributed by atoms with Crippen LogP contribution in [0.3, 0.4) is 0 Å². The highest BCUT2D eigenvalue weighted by Crippen LogP contribution is 2.11. The van der Waals surface area contributed by atoms with Gasteiger partial charge in [0, 0.05) is 27.3 Å². The van der Waals surface area contributed by atoms with Gasteiger partial charge in [-0.05, 0) is 19.8 Å². The van der Waals surface area contributed by atoms with E-state index in [-0.39, 0.29) is 11.3 Å². The van der Waals surface area contributed by atoms with E-state index in [1.165, 1.54) is 0 Å². The molecule has 0 spiro atoms. The lowest BCUT2D eigenvalue weighted by Crippen LogP contribution is -2.28. The summed E-state index contributed by atoms with van der Waals surface area (Å²) in [6.07, 6.45) is 1.84. The summed E-state index contributed by atoms with van der Waals surface area (Å²) in [6, 6.07) is 0.160. The smallest absolute Gasteiger partial charge is 0.0337 e. The number of hydrogen-bond donors (Lipinski definition) is 1. The molecule has 0 aromatic heterocycles. The Morgan fingerprint density at radius 1 is 1.25 bits per heavy atom. The predicted molar refractivity (Wildman–Crippen MR) is 55.6 cm³/mol. The molecule has 0 fully saturated rings. The highest BCUT2D eigenvalue weighted by molar-refractivity contribution is 7.86. The van der Waals surface area contributed by atoms with Crippen LogP contribution >= 0.6 is 0 Å². The molecule has 0 amide bonds. The molecule has 0 saturated heterocycles. The third kappa shape index (κ3) is 4.21. The van der Waals surface area contributed by atoms with Crippen LogP contribution in [0.4, 0.5) is 0 Å². The zero-order valence-electron chi connectivity index (χ0n) is 8.54. The molecule has 4 unspecified atom stereocenters. The van der Waals surface area contributed by atoms with Gasteiger partial charge in [-0.3, -0.25) is 4.21 Å². The maximum absolute atomic E-state index is 11.7. The van der Waals surface area contributed by atoms with E-state index in [2.05, 4.69) is 6.92 Å². The van der Waals surface area contributed by atoms with Crippen molar-refractivity contribution in [1.29, 1.82) is 0 Å². The van der Waals surface area contributed by atoms with Gasteiger partial charge in [-0.25, -0.2) is 0 Å². The summed E-state index contributed by atoms with van der Waals surface area (Å²) < 4.78 is 11.7. The summed E-state index contributed by atoms with van der Waals surface area (Å²) >= 11 is 0. The van der Waals surface area contributed by atoms with Crippen molar-refractivity contribution < 1.29 is 4.21 Å². The van der Waals surface area contributed by atoms with Gasteiger partial charge in [0.05, 0.1) is 0 Å². The first-order valence-electron chi connectivity index (χ1n) is 4.64. The van der Waals surface area contributed by atoms with Crippen LogP contribution in [0.15, 0.2) is 0 Å². The Kier molecular flexibility index (Phi) is 5.76. The van der Waals surface area contributed by atoms with Crippen molar-refractivity contribution in [1.82, 2.24) is 0 Å². The van der Waals surface area contributed by atoms with E-state index in [1.54, 1.807) is 0 Å². The first kappa shape index (κ1) is 12.1. The molecule has 12 heavy (non-hydrogen) atoms. The fourth-order valence-electron chi connectivity index (χ4n) is 1.18. The molecule has 0 aliphatic rings. The molecular formula is C9H21NOS. The van der Waals surface area contributed by atoms with Crippen LogP contribution in [0.25, 0.3) is 0 Å². The minimum atomic E-state index is -0.710. The average molecular weight is 191 g/mol. The third-order valence-electron chi connectivity index (χ3n) is 2.07. The van der Waals surface area contributed by atoms with Crippen LogP contribution < -0.4 is 5.73 Å². The average Bonchev–Trinajstić information content (AvgIpc) is 2.00. The lowest BCUT2D eigenvalue weighted by molar-refractivity contribution is 0.619. The molecule has 2 N–H and O–H groups in total. The molecule has 0 aromatic rings. The van der Waals surface area contributed by atoms with Gasteiger partial charge >= 0.3 is 0 Å². The molecule has 74 valence electrons. The van der Waals surface area contributed by atoms with E-state index < -0.39 is 10.8 Å². The summed E-state index contributed by atoms with van der Waals surface area (Å²) in [4.78, 5) is 0. The summed E-state index contributed by atoms with van der Waals surface area (Å²) in [6.45, 7) is 8.09. The highest BCUT2D eigenvalue weighted by Gasteiger charge is 2.17. The summed E-state index contributed by atoms with van der Waals surface area (Å²) in [5, 5.41) is 0.540. The first-order valence-corrected chi connectivity index (χ1v) is 5.91. The van der Waals surface area contributed by atoms with E-state index >= 15 is 0 Å². The highest BCUT2D eigenvalue weighted by atomic mass is 32.2. The zero-order valence-corrected chi connectivity index (χ0v) is 9.36. The van der Waals surface area contributed by atoms with Gasteiger partial charge in [-0.2, -0.15) is 0 Å². The van der Waals surface area contributed by atoms with Crippen LogP contribution in [-0.4, -0.2) is 20.8 Å². The van der Waals surface area contributed by atoms with Crippen LogP contribution in [0.2, 0.25) is 0 Å². The Labute approximate surface area is 78.4 Å². The van der Waals surface area contributed by atoms with Gasteiger partial charge in [0.2, 0.25) is 0 Å². The van der Waals surface area contributed by atoms with Crippen LogP contribution in [0.5, 0.6) is 0 Å². The van der Waals surface area contributed by atoms with E-state index in [4.69, 9.17) is 5.73 Å². The van der Waals surface area contributed by atoms with Gasteiger partial charge in [0.25, 0.3) is 0 Å². The van der Waals surface area contributed by atoms with E-state index in [9.17, 15) is 4.21 Å². The van der Waals surface area contributed by atoms with Crippen molar-refractivity contribution >= 4 is 10.8 Å². The van der Waals surface area contributed by atoms with Crippen LogP contribution in [-0.2, 0) is 10.8 Å². The summed E-state index contributed by atoms with van der Waals surface area (Å²) in [5.41, 5.74) is 5.64. The summed E-state index contributed by atoms with van der Waals surface area (Å²) in [5.74, 6) is 0. The number of hydrogen-bond acceptors (Lipinski definition) is 2. The Balaban J connectivity index is 3.92. The second-order valence-corrected chi connectivity index (χ2v) is 5.84. The molecule has 2 nitrogen and oxygen atoms in total. The zero-order chi connectivity index (χ0) is 9.72. The normalized spacial score (nSPS) is 21.4. The van der Waals surface area contributed by atoms with Gasteiger partial charge in [0.1, 0.15) is 0 Å². The number of nitrogens with two attached hydrogens (primary N) is 1. The topological polar surface area (TPSA) is 43.1 Å². The molecular weight excluding hydrogens is 170 g/mol. The Morgan fingerprint density at radius 3 is 2.08 bits per heavy atom. The SMILES string of the molecule is CCC(C)S(=O)C(C)CC(C)N. The first-order chi connectivity index (χ1) is 5.49. The van der Waals surface area contributed by atoms with Crippen molar-refractivity contribution in [2.24, 2.45) is 5.73 Å². The maximum atomic E-state index is 11.7. The Hall–Kier alpha value is 0.110. The number of rotatable bonds is 5. The molecule has 0 bridgehead atoms. The lowest BCUT2D eigenvalue weighted by Gasteiger charge is -2.17. The molecule has 0 aliphatic carbocycles. The van der Waals surface area contributed by atoms with Crippen LogP contribution in [0, 0.1) is 0 Å². The van der Waals surface area contributed by atoms with E-state index in [0.29, 0.717) is 5.25 Å². The molecule has 0 heterocycles. The lowest BCUT2D eigenvalue weighted by atomic mass is 10.2. The van der Waals surface area contributed by atoms with Crippen LogP contribution in [0.1, 0.15) is 40.5 Å². The fourth-order valence-corrected chi connectivity index (χ4v) is 2.79. The largest absolute Gasteiger partial charge is 0.328 e. The molecule has 0 aromatic carbocycles. The van der Waals surface area contributed by atoms with Crippen molar-refractivity contribution in [2.45, 2.75) is 57.1 Å². The van der Waals surface area contributed by atoms with Gasteiger partial charge in [-0.15, -0.1) is 0 Å². The second-order valence-electron chi connectivity index (χ2n) is 3.57. The second kappa shape index (κ2) is 5.70. The van der Waals surface area contributed by atoms with Crippen molar-refractivity contribution in [3.05, 3.63) is 0 Å². The standard InChI is InChI=1S/C9H21NOS/c1-5-8(3)12(11)9(4)6-7(2)10/h7-9H,5-6,10H2,1-4H3. The molecule has 3 heteroatoms. The van der Waals surface area contributed by atoms with E-state index in [0.717, 1.165) is 12.8 Å². The quantitative estimate of drug-likeness (QED) is 0.718. The molecule has 4 atom stereocenters. The third-order valence-corrected chi connectivity index (χ3v) is 4.18. The molecule has 0 rings (SSSR count). The maximum Gasteiger partial charge on any atom is 0.0337 e. The van der Waals surface area contributed by atoms with Crippen molar-refractivity contribution in [2.75, 3.05) is 0 Å². The van der Waals surface area contributed by atoms with Gasteiger partial charge in [0.15, 0.2) is 0 Å². The summed E-state index contributed by atoms with van der Waals surface area (Å²) in [7, 11) is -0.710. The minimum Gasteiger partial charge on any atom is -0.328 e. The van der Waals surface area contributed by atoms with Crippen molar-refractivity contribution in [3.63, 3.8) is 0 Å². The molecule has 0 saturated carbocycles. The molecule has 0 aliphatic heterocycles. The predicted octanol–water partition coefficient (Wildman–Crippen LogP) is 1.66.